The molecule has 1 aliphatic rings. The number of fused-ring (bicyclic) bond motifs is 1. The van der Waals surface area contributed by atoms with Crippen LogP contribution in [0.5, 0.6) is 11.5 Å². The van der Waals surface area contributed by atoms with Crippen LogP contribution in [-0.4, -0.2) is 67.5 Å². The molecular formula is C23H29NO9. The SMILES string of the molecule is C=CCOc1c(C=NOC)c(=O)oc2c(C)c(O[C@@H]3OC(C)(C)[C@H](OC)[C@@H](O)[C@H]3O)ccc12. The second-order valence-electron chi connectivity index (χ2n) is 8.06. The number of aliphatic hydroxyl groups is 2. The van der Waals surface area contributed by atoms with E-state index in [-0.39, 0.29) is 23.5 Å². The highest BCUT2D eigenvalue weighted by Crippen LogP contribution is 2.37. The minimum absolute atomic E-state index is 0.0841. The molecule has 1 aromatic heterocycles. The Labute approximate surface area is 190 Å². The molecule has 10 nitrogen and oxygen atoms in total. The second kappa shape index (κ2) is 9.92. The molecule has 180 valence electrons. The Morgan fingerprint density at radius 3 is 2.61 bits per heavy atom. The average molecular weight is 463 g/mol. The lowest BCUT2D eigenvalue weighted by Gasteiger charge is -2.46. The summed E-state index contributed by atoms with van der Waals surface area (Å²) < 4.78 is 28.3. The first-order valence-corrected chi connectivity index (χ1v) is 10.3. The molecule has 33 heavy (non-hydrogen) atoms. The zero-order valence-corrected chi connectivity index (χ0v) is 19.2. The van der Waals surface area contributed by atoms with Crippen molar-refractivity contribution in [3.05, 3.63) is 46.3 Å². The van der Waals surface area contributed by atoms with Crippen LogP contribution in [-0.2, 0) is 14.3 Å². The van der Waals surface area contributed by atoms with Gasteiger partial charge in [-0.05, 0) is 32.9 Å². The number of hydrogen-bond donors (Lipinski definition) is 2. The third-order valence-electron chi connectivity index (χ3n) is 5.43. The Morgan fingerprint density at radius 1 is 1.24 bits per heavy atom. The maximum Gasteiger partial charge on any atom is 0.349 e. The first kappa shape index (κ1) is 24.7. The Hall–Kier alpha value is -2.92. The van der Waals surface area contributed by atoms with Gasteiger partial charge < -0.3 is 38.4 Å². The Kier molecular flexibility index (Phi) is 7.43. The van der Waals surface area contributed by atoms with Gasteiger partial charge in [-0.25, -0.2) is 4.79 Å². The van der Waals surface area contributed by atoms with Crippen molar-refractivity contribution in [1.82, 2.24) is 0 Å². The molecule has 2 heterocycles. The van der Waals surface area contributed by atoms with E-state index < -0.39 is 35.8 Å². The monoisotopic (exact) mass is 463 g/mol. The quantitative estimate of drug-likeness (QED) is 0.261. The van der Waals surface area contributed by atoms with Crippen LogP contribution in [0.4, 0.5) is 0 Å². The van der Waals surface area contributed by atoms with Crippen LogP contribution in [0.25, 0.3) is 11.0 Å². The van der Waals surface area contributed by atoms with Crippen molar-refractivity contribution in [3.63, 3.8) is 0 Å². The average Bonchev–Trinajstić information content (AvgIpc) is 2.77. The highest BCUT2D eigenvalue weighted by molar-refractivity contribution is 5.95. The zero-order valence-electron chi connectivity index (χ0n) is 19.2. The van der Waals surface area contributed by atoms with E-state index in [4.69, 9.17) is 23.4 Å². The minimum atomic E-state index is -1.37. The zero-order chi connectivity index (χ0) is 24.3. The molecule has 1 aromatic carbocycles. The summed E-state index contributed by atoms with van der Waals surface area (Å²) >= 11 is 0. The molecule has 10 heteroatoms. The minimum Gasteiger partial charge on any atom is -0.488 e. The molecule has 0 aliphatic carbocycles. The molecule has 1 saturated heterocycles. The van der Waals surface area contributed by atoms with E-state index in [9.17, 15) is 15.0 Å². The molecule has 2 aromatic rings. The summed E-state index contributed by atoms with van der Waals surface area (Å²) in [6.07, 6.45) is -1.78. The van der Waals surface area contributed by atoms with Gasteiger partial charge in [-0.2, -0.15) is 0 Å². The highest BCUT2D eigenvalue weighted by Gasteiger charge is 2.50. The molecule has 0 radical (unpaired) electrons. The second-order valence-corrected chi connectivity index (χ2v) is 8.06. The van der Waals surface area contributed by atoms with Gasteiger partial charge in [0.25, 0.3) is 0 Å². The number of rotatable bonds is 8. The molecule has 3 rings (SSSR count). The fraction of sp³-hybridized carbons (Fsp3) is 0.478. The molecule has 0 amide bonds. The van der Waals surface area contributed by atoms with Gasteiger partial charge in [-0.1, -0.05) is 17.8 Å². The normalized spacial score (nSPS) is 24.7. The fourth-order valence-electron chi connectivity index (χ4n) is 3.84. The Morgan fingerprint density at radius 2 is 1.97 bits per heavy atom. The smallest absolute Gasteiger partial charge is 0.349 e. The van der Waals surface area contributed by atoms with Gasteiger partial charge >= 0.3 is 5.63 Å². The van der Waals surface area contributed by atoms with Gasteiger partial charge in [0.2, 0.25) is 6.29 Å². The van der Waals surface area contributed by atoms with Gasteiger partial charge in [0.1, 0.15) is 54.7 Å². The number of aliphatic hydroxyl groups excluding tert-OH is 2. The summed E-state index contributed by atoms with van der Waals surface area (Å²) in [5, 5.41) is 25.2. The van der Waals surface area contributed by atoms with E-state index in [1.165, 1.54) is 20.4 Å². The van der Waals surface area contributed by atoms with Crippen LogP contribution in [0.3, 0.4) is 0 Å². The maximum atomic E-state index is 12.7. The number of ether oxygens (including phenoxy) is 4. The first-order valence-electron chi connectivity index (χ1n) is 10.3. The van der Waals surface area contributed by atoms with E-state index in [2.05, 4.69) is 16.6 Å². The van der Waals surface area contributed by atoms with Gasteiger partial charge in [-0.3, -0.25) is 0 Å². The highest BCUT2D eigenvalue weighted by atomic mass is 16.7. The van der Waals surface area contributed by atoms with Gasteiger partial charge in [0.15, 0.2) is 0 Å². The molecule has 0 unspecified atom stereocenters. The van der Waals surface area contributed by atoms with Crippen LogP contribution >= 0.6 is 0 Å². The lowest BCUT2D eigenvalue weighted by atomic mass is 9.89. The summed E-state index contributed by atoms with van der Waals surface area (Å²) in [5.74, 6) is 0.548. The van der Waals surface area contributed by atoms with Crippen molar-refractivity contribution in [2.45, 2.75) is 51.0 Å². The third-order valence-corrected chi connectivity index (χ3v) is 5.43. The van der Waals surface area contributed by atoms with E-state index in [0.29, 0.717) is 16.7 Å². The molecule has 0 bridgehead atoms. The number of methoxy groups -OCH3 is 1. The number of oxime groups is 1. The lowest BCUT2D eigenvalue weighted by molar-refractivity contribution is -0.306. The Bertz CT molecular complexity index is 1090. The van der Waals surface area contributed by atoms with E-state index in [1.54, 1.807) is 39.0 Å². The van der Waals surface area contributed by atoms with Gasteiger partial charge in [-0.15, -0.1) is 0 Å². The molecule has 1 aliphatic heterocycles. The third kappa shape index (κ3) is 4.74. The number of aryl methyl sites for hydroxylation is 1. The number of benzene rings is 1. The summed E-state index contributed by atoms with van der Waals surface area (Å²) in [4.78, 5) is 17.3. The molecule has 4 atom stereocenters. The summed E-state index contributed by atoms with van der Waals surface area (Å²) in [6.45, 7) is 8.93. The number of hydrogen-bond acceptors (Lipinski definition) is 10. The summed E-state index contributed by atoms with van der Waals surface area (Å²) in [7, 11) is 2.78. The Balaban J connectivity index is 2.04. The van der Waals surface area contributed by atoms with Crippen LogP contribution in [0.2, 0.25) is 0 Å². The van der Waals surface area contributed by atoms with Gasteiger partial charge in [0, 0.05) is 12.7 Å². The van der Waals surface area contributed by atoms with Crippen molar-refractivity contribution in [2.75, 3.05) is 20.8 Å². The maximum absolute atomic E-state index is 12.7. The van der Waals surface area contributed by atoms with Crippen molar-refractivity contribution in [3.8, 4) is 11.5 Å². The largest absolute Gasteiger partial charge is 0.488 e. The van der Waals surface area contributed by atoms with E-state index in [0.717, 1.165) is 0 Å². The van der Waals surface area contributed by atoms with E-state index in [1.807, 2.05) is 0 Å². The van der Waals surface area contributed by atoms with Crippen LogP contribution < -0.4 is 15.1 Å². The predicted molar refractivity (Wildman–Crippen MR) is 120 cm³/mol. The van der Waals surface area contributed by atoms with Crippen molar-refractivity contribution < 1.29 is 38.4 Å². The topological polar surface area (TPSA) is 129 Å². The predicted octanol–water partition coefficient (Wildman–Crippen LogP) is 1.90. The van der Waals surface area contributed by atoms with Crippen molar-refractivity contribution in [2.24, 2.45) is 5.16 Å². The molecule has 2 N–H and O–H groups in total. The summed E-state index contributed by atoms with van der Waals surface area (Å²) in [5.41, 5.74) is -0.834. The summed E-state index contributed by atoms with van der Waals surface area (Å²) in [6, 6.07) is 3.28. The standard InChI is InChI=1S/C23H29NO9/c1-7-10-30-19-13-8-9-15(12(2)18(13)32-21(27)14(19)11-24-29-6)31-22-17(26)16(25)20(28-5)23(3,4)33-22/h7-9,11,16-17,20,22,25-26H,1,10H2,2-6H3/t16-,17+,20+,22+/m0/s1. The molecular weight excluding hydrogens is 434 g/mol. The van der Waals surface area contributed by atoms with Crippen LogP contribution in [0, 0.1) is 6.92 Å². The van der Waals surface area contributed by atoms with Crippen LogP contribution in [0.15, 0.2) is 39.2 Å². The van der Waals surface area contributed by atoms with Crippen molar-refractivity contribution >= 4 is 17.2 Å². The van der Waals surface area contributed by atoms with Crippen molar-refractivity contribution in [1.29, 1.82) is 0 Å². The fourth-order valence-corrected chi connectivity index (χ4v) is 3.84. The lowest BCUT2D eigenvalue weighted by Crippen LogP contribution is -2.63. The molecule has 0 spiro atoms. The molecule has 0 saturated carbocycles. The number of nitrogens with zero attached hydrogens (tertiary/aromatic N) is 1. The van der Waals surface area contributed by atoms with Crippen LogP contribution in [0.1, 0.15) is 25.0 Å². The molecule has 1 fully saturated rings. The first-order chi connectivity index (χ1) is 15.7. The van der Waals surface area contributed by atoms with Gasteiger partial charge in [0.05, 0.1) is 17.2 Å². The van der Waals surface area contributed by atoms with E-state index >= 15 is 0 Å².